The molecule has 3 aromatic rings. The number of fused-ring (bicyclic) bond motifs is 1. The number of anilines is 2. The normalized spacial score (nSPS) is 10.8. The van der Waals surface area contributed by atoms with Gasteiger partial charge in [0.25, 0.3) is 0 Å². The number of imidazole rings is 1. The Balaban J connectivity index is 1.74. The lowest BCUT2D eigenvalue weighted by molar-refractivity contribution is 0.994. The highest BCUT2D eigenvalue weighted by molar-refractivity contribution is 5.65. The van der Waals surface area contributed by atoms with Crippen molar-refractivity contribution in [2.24, 2.45) is 5.84 Å². The number of nitrogens with two attached hydrogens (primary N) is 1. The van der Waals surface area contributed by atoms with Gasteiger partial charge in [0.05, 0.1) is 6.20 Å². The second kappa shape index (κ2) is 5.80. The average molecular weight is 282 g/mol. The topological polar surface area (TPSA) is 80.3 Å². The van der Waals surface area contributed by atoms with E-state index in [1.54, 1.807) is 12.4 Å². The number of hydrogen-bond donors (Lipinski definition) is 3. The summed E-state index contributed by atoms with van der Waals surface area (Å²) in [4.78, 5) is 8.71. The number of hydrazine groups is 1. The Morgan fingerprint density at radius 2 is 2.24 bits per heavy atom. The highest BCUT2D eigenvalue weighted by Gasteiger charge is 2.06. The Bertz CT molecular complexity index is 749. The van der Waals surface area contributed by atoms with Crippen LogP contribution in [-0.2, 0) is 6.42 Å². The maximum atomic E-state index is 5.44. The van der Waals surface area contributed by atoms with Gasteiger partial charge in [-0.05, 0) is 18.9 Å². The molecule has 108 valence electrons. The van der Waals surface area contributed by atoms with E-state index in [1.165, 1.54) is 11.1 Å². The fourth-order valence-electron chi connectivity index (χ4n) is 2.31. The van der Waals surface area contributed by atoms with Gasteiger partial charge in [0.1, 0.15) is 0 Å². The second-order valence-corrected chi connectivity index (χ2v) is 4.94. The molecule has 0 bridgehead atoms. The van der Waals surface area contributed by atoms with Crippen LogP contribution in [0.3, 0.4) is 0 Å². The molecule has 0 atom stereocenters. The first kappa shape index (κ1) is 13.4. The summed E-state index contributed by atoms with van der Waals surface area (Å²) in [5.74, 6) is 6.76. The van der Waals surface area contributed by atoms with Gasteiger partial charge in [0.2, 0.25) is 0 Å². The molecule has 21 heavy (non-hydrogen) atoms. The summed E-state index contributed by atoms with van der Waals surface area (Å²) in [6.07, 6.45) is 6.33. The van der Waals surface area contributed by atoms with Crippen LogP contribution >= 0.6 is 0 Å². The predicted octanol–water partition coefficient (Wildman–Crippen LogP) is 1.98. The fraction of sp³-hybridized carbons (Fsp3) is 0.200. The first-order valence-electron chi connectivity index (χ1n) is 6.86. The number of nitrogens with zero attached hydrogens (tertiary/aromatic N) is 3. The van der Waals surface area contributed by atoms with Crippen molar-refractivity contribution in [1.82, 2.24) is 14.4 Å². The zero-order valence-corrected chi connectivity index (χ0v) is 11.9. The molecule has 0 unspecified atom stereocenters. The van der Waals surface area contributed by atoms with Gasteiger partial charge in [-0.1, -0.05) is 29.8 Å². The summed E-state index contributed by atoms with van der Waals surface area (Å²) < 4.78 is 1.89. The molecule has 0 saturated heterocycles. The summed E-state index contributed by atoms with van der Waals surface area (Å²) in [5, 5.41) is 3.33. The quantitative estimate of drug-likeness (QED) is 0.492. The Morgan fingerprint density at radius 1 is 1.33 bits per heavy atom. The number of nitrogen functional groups attached to an aromatic ring is 1. The van der Waals surface area contributed by atoms with Crippen molar-refractivity contribution in [3.63, 3.8) is 0 Å². The molecule has 6 nitrogen and oxygen atoms in total. The molecule has 0 aliphatic heterocycles. The van der Waals surface area contributed by atoms with E-state index in [0.29, 0.717) is 5.82 Å². The minimum atomic E-state index is 0.596. The van der Waals surface area contributed by atoms with Crippen LogP contribution in [0.2, 0.25) is 0 Å². The molecule has 0 spiro atoms. The maximum Gasteiger partial charge on any atom is 0.180 e. The van der Waals surface area contributed by atoms with E-state index < -0.39 is 0 Å². The maximum absolute atomic E-state index is 5.44. The van der Waals surface area contributed by atoms with Crippen LogP contribution in [0.25, 0.3) is 5.65 Å². The number of rotatable bonds is 5. The number of nitrogens with one attached hydrogen (secondary N) is 2. The van der Waals surface area contributed by atoms with Crippen LogP contribution in [-0.4, -0.2) is 20.9 Å². The lowest BCUT2D eigenvalue weighted by Crippen LogP contribution is -2.13. The van der Waals surface area contributed by atoms with E-state index in [2.05, 4.69) is 51.9 Å². The Hall–Kier alpha value is -2.60. The molecular formula is C15H18N6. The van der Waals surface area contributed by atoms with Gasteiger partial charge in [-0.15, -0.1) is 0 Å². The predicted molar refractivity (Wildman–Crippen MR) is 84.2 cm³/mol. The molecular weight excluding hydrogens is 264 g/mol. The van der Waals surface area contributed by atoms with Crippen LogP contribution < -0.4 is 16.6 Å². The van der Waals surface area contributed by atoms with Crippen molar-refractivity contribution in [2.45, 2.75) is 13.3 Å². The van der Waals surface area contributed by atoms with Gasteiger partial charge in [0, 0.05) is 18.9 Å². The molecule has 0 radical (unpaired) electrons. The first-order valence-corrected chi connectivity index (χ1v) is 6.86. The van der Waals surface area contributed by atoms with Crippen LogP contribution in [0.15, 0.2) is 42.9 Å². The summed E-state index contributed by atoms with van der Waals surface area (Å²) >= 11 is 0. The van der Waals surface area contributed by atoms with Crippen molar-refractivity contribution < 1.29 is 0 Å². The zero-order valence-electron chi connectivity index (χ0n) is 11.9. The first-order chi connectivity index (χ1) is 10.3. The van der Waals surface area contributed by atoms with Gasteiger partial charge in [-0.3, -0.25) is 0 Å². The van der Waals surface area contributed by atoms with Crippen molar-refractivity contribution in [1.29, 1.82) is 0 Å². The van der Waals surface area contributed by atoms with Crippen molar-refractivity contribution >= 4 is 17.3 Å². The largest absolute Gasteiger partial charge is 0.367 e. The zero-order chi connectivity index (χ0) is 14.7. The van der Waals surface area contributed by atoms with Crippen molar-refractivity contribution in [3.8, 4) is 0 Å². The minimum Gasteiger partial charge on any atom is -0.367 e. The number of aromatic nitrogens is 3. The van der Waals surface area contributed by atoms with Gasteiger partial charge in [0.15, 0.2) is 17.3 Å². The van der Waals surface area contributed by atoms with E-state index in [-0.39, 0.29) is 0 Å². The van der Waals surface area contributed by atoms with Crippen LogP contribution in [0, 0.1) is 6.92 Å². The van der Waals surface area contributed by atoms with E-state index in [9.17, 15) is 0 Å². The molecule has 0 aliphatic rings. The molecule has 6 heteroatoms. The number of hydrogen-bond acceptors (Lipinski definition) is 5. The van der Waals surface area contributed by atoms with E-state index in [4.69, 9.17) is 5.84 Å². The van der Waals surface area contributed by atoms with E-state index >= 15 is 0 Å². The highest BCUT2D eigenvalue weighted by Crippen LogP contribution is 2.16. The Labute approximate surface area is 123 Å². The van der Waals surface area contributed by atoms with Crippen LogP contribution in [0.4, 0.5) is 11.6 Å². The molecule has 4 N–H and O–H groups in total. The molecule has 0 amide bonds. The number of benzene rings is 1. The van der Waals surface area contributed by atoms with Crippen molar-refractivity contribution in [3.05, 3.63) is 54.0 Å². The summed E-state index contributed by atoms with van der Waals surface area (Å²) in [6.45, 7) is 2.88. The molecule has 1 aromatic carbocycles. The molecule has 0 fully saturated rings. The molecule has 2 aromatic heterocycles. The van der Waals surface area contributed by atoms with Gasteiger partial charge in [-0.2, -0.15) is 0 Å². The van der Waals surface area contributed by atoms with E-state index in [1.807, 2.05) is 10.6 Å². The molecule has 3 rings (SSSR count). The third-order valence-corrected chi connectivity index (χ3v) is 3.31. The second-order valence-electron chi connectivity index (χ2n) is 4.94. The summed E-state index contributed by atoms with van der Waals surface area (Å²) in [7, 11) is 0. The minimum absolute atomic E-state index is 0.596. The lowest BCUT2D eigenvalue weighted by Gasteiger charge is -2.09. The summed E-state index contributed by atoms with van der Waals surface area (Å²) in [5.41, 5.74) is 5.93. The SMILES string of the molecule is Cc1cccc(CCNc2nc(NN)cn3ccnc23)c1. The fourth-order valence-corrected chi connectivity index (χ4v) is 2.31. The highest BCUT2D eigenvalue weighted by atomic mass is 15.3. The number of aryl methyl sites for hydroxylation is 1. The van der Waals surface area contributed by atoms with E-state index in [0.717, 1.165) is 24.4 Å². The molecule has 0 saturated carbocycles. The smallest absolute Gasteiger partial charge is 0.180 e. The Kier molecular flexibility index (Phi) is 3.70. The average Bonchev–Trinajstić information content (AvgIpc) is 2.95. The molecule has 0 aliphatic carbocycles. The van der Waals surface area contributed by atoms with Crippen molar-refractivity contribution in [2.75, 3.05) is 17.3 Å². The van der Waals surface area contributed by atoms with Crippen LogP contribution in [0.1, 0.15) is 11.1 Å². The van der Waals surface area contributed by atoms with Gasteiger partial charge >= 0.3 is 0 Å². The third kappa shape index (κ3) is 2.95. The van der Waals surface area contributed by atoms with Crippen LogP contribution in [0.5, 0.6) is 0 Å². The third-order valence-electron chi connectivity index (χ3n) is 3.31. The monoisotopic (exact) mass is 282 g/mol. The lowest BCUT2D eigenvalue weighted by atomic mass is 10.1. The van der Waals surface area contributed by atoms with Gasteiger partial charge < -0.3 is 15.1 Å². The standard InChI is InChI=1S/C15H18N6/c1-11-3-2-4-12(9-11)5-6-17-14-15-18-7-8-21(15)10-13(19-14)20-16/h2-4,7-10,20H,5-6,16H2,1H3,(H,17,19). The Morgan fingerprint density at radius 3 is 3.05 bits per heavy atom. The van der Waals surface area contributed by atoms with Gasteiger partial charge in [-0.25, -0.2) is 15.8 Å². The molecule has 2 heterocycles. The summed E-state index contributed by atoms with van der Waals surface area (Å²) in [6, 6.07) is 8.50.